The second kappa shape index (κ2) is 26.0. The summed E-state index contributed by atoms with van der Waals surface area (Å²) in [5, 5.41) is 8.59. The van der Waals surface area contributed by atoms with Crippen LogP contribution in [0.25, 0.3) is 0 Å². The summed E-state index contributed by atoms with van der Waals surface area (Å²) < 4.78 is 0. The van der Waals surface area contributed by atoms with Crippen LogP contribution in [0.4, 0.5) is 0 Å². The lowest BCUT2D eigenvalue weighted by Gasteiger charge is -2.00. The molecule has 0 aromatic rings. The lowest BCUT2D eigenvalue weighted by molar-refractivity contribution is -0.137. The first-order valence-corrected chi connectivity index (χ1v) is 13.3. The normalized spacial score (nSPS) is 11.8. The molecule has 2 nitrogen and oxygen atoms in total. The summed E-state index contributed by atoms with van der Waals surface area (Å²) in [4.78, 5) is 10.4. The molecule has 0 fully saturated rings. The molecule has 0 aromatic carbocycles. The molecule has 0 bridgehead atoms. The fourth-order valence-corrected chi connectivity index (χ4v) is 3.81. The molecule has 0 aromatic heterocycles. The van der Waals surface area contributed by atoms with Crippen LogP contribution >= 0.6 is 0 Å². The van der Waals surface area contributed by atoms with Gasteiger partial charge in [-0.3, -0.25) is 4.79 Å². The molecular formula is C28H52O2. The highest BCUT2D eigenvalue weighted by molar-refractivity contribution is 5.66. The maximum absolute atomic E-state index is 10.4. The van der Waals surface area contributed by atoms with Gasteiger partial charge in [0.15, 0.2) is 0 Å². The van der Waals surface area contributed by atoms with Crippen molar-refractivity contribution in [2.75, 3.05) is 0 Å². The van der Waals surface area contributed by atoms with Gasteiger partial charge in [0.1, 0.15) is 0 Å². The van der Waals surface area contributed by atoms with Gasteiger partial charge in [-0.15, -0.1) is 0 Å². The summed E-state index contributed by atoms with van der Waals surface area (Å²) in [6.07, 6.45) is 37.0. The summed E-state index contributed by atoms with van der Waals surface area (Å²) >= 11 is 0. The zero-order chi connectivity index (χ0) is 22.0. The topological polar surface area (TPSA) is 37.3 Å². The number of aliphatic carboxylic acids is 1. The first kappa shape index (κ1) is 28.9. The van der Waals surface area contributed by atoms with Gasteiger partial charge in [-0.25, -0.2) is 0 Å². The number of carboxylic acids is 1. The van der Waals surface area contributed by atoms with Crippen LogP contribution in [0.5, 0.6) is 0 Å². The maximum Gasteiger partial charge on any atom is 0.303 e. The van der Waals surface area contributed by atoms with Gasteiger partial charge in [0, 0.05) is 6.42 Å². The molecule has 0 saturated heterocycles. The van der Waals surface area contributed by atoms with E-state index in [9.17, 15) is 4.79 Å². The molecule has 0 amide bonds. The van der Waals surface area contributed by atoms with Crippen LogP contribution in [0, 0.1) is 0 Å². The molecule has 0 saturated carbocycles. The number of carbonyl (C=O) groups is 1. The van der Waals surface area contributed by atoms with E-state index in [0.29, 0.717) is 6.42 Å². The first-order valence-electron chi connectivity index (χ1n) is 13.3. The fraction of sp³-hybridized carbons (Fsp3) is 0.821. The molecule has 1 N–H and O–H groups in total. The van der Waals surface area contributed by atoms with E-state index < -0.39 is 5.97 Å². The van der Waals surface area contributed by atoms with Crippen molar-refractivity contribution in [1.82, 2.24) is 0 Å². The molecular weight excluding hydrogens is 368 g/mol. The molecule has 0 unspecified atom stereocenters. The summed E-state index contributed by atoms with van der Waals surface area (Å²) in [7, 11) is 0. The number of hydrogen-bond donors (Lipinski definition) is 1. The van der Waals surface area contributed by atoms with Gasteiger partial charge in [-0.05, 0) is 57.8 Å². The minimum atomic E-state index is -0.661. The summed E-state index contributed by atoms with van der Waals surface area (Å²) in [6.45, 7) is 2.28. The van der Waals surface area contributed by atoms with E-state index in [1.807, 2.05) is 0 Å². The van der Waals surface area contributed by atoms with Crippen molar-refractivity contribution in [2.45, 2.75) is 148 Å². The monoisotopic (exact) mass is 420 g/mol. The third kappa shape index (κ3) is 27.0. The Labute approximate surface area is 188 Å². The van der Waals surface area contributed by atoms with Crippen molar-refractivity contribution >= 4 is 5.97 Å². The SMILES string of the molecule is CCCCCCCC/C=C/CCCCCCC/C=C/CCCCCCCCC(=O)O. The smallest absolute Gasteiger partial charge is 0.303 e. The van der Waals surface area contributed by atoms with Crippen LogP contribution < -0.4 is 0 Å². The Morgan fingerprint density at radius 1 is 0.500 bits per heavy atom. The average Bonchev–Trinajstić information content (AvgIpc) is 2.73. The van der Waals surface area contributed by atoms with Crippen molar-refractivity contribution in [3.63, 3.8) is 0 Å². The average molecular weight is 421 g/mol. The molecule has 0 aliphatic heterocycles. The second-order valence-corrected chi connectivity index (χ2v) is 8.90. The molecule has 2 heteroatoms. The van der Waals surface area contributed by atoms with E-state index in [4.69, 9.17) is 5.11 Å². The summed E-state index contributed by atoms with van der Waals surface area (Å²) in [6, 6.07) is 0. The molecule has 0 spiro atoms. The number of rotatable bonds is 24. The minimum absolute atomic E-state index is 0.332. The lowest BCUT2D eigenvalue weighted by Crippen LogP contribution is -1.93. The molecule has 30 heavy (non-hydrogen) atoms. The van der Waals surface area contributed by atoms with Crippen LogP contribution in [0.1, 0.15) is 148 Å². The van der Waals surface area contributed by atoms with E-state index in [1.165, 1.54) is 122 Å². The van der Waals surface area contributed by atoms with Crippen LogP contribution in [-0.2, 0) is 4.79 Å². The fourth-order valence-electron chi connectivity index (χ4n) is 3.81. The van der Waals surface area contributed by atoms with Gasteiger partial charge in [-0.2, -0.15) is 0 Å². The van der Waals surface area contributed by atoms with Crippen molar-refractivity contribution in [3.05, 3.63) is 24.3 Å². The summed E-state index contributed by atoms with van der Waals surface area (Å²) in [5.74, 6) is -0.661. The molecule has 0 heterocycles. The van der Waals surface area contributed by atoms with Crippen molar-refractivity contribution < 1.29 is 9.90 Å². The largest absolute Gasteiger partial charge is 0.481 e. The molecule has 0 radical (unpaired) electrons. The van der Waals surface area contributed by atoms with E-state index in [-0.39, 0.29) is 0 Å². The van der Waals surface area contributed by atoms with E-state index in [1.54, 1.807) is 0 Å². The predicted octanol–water partition coefficient (Wildman–Crippen LogP) is 9.79. The van der Waals surface area contributed by atoms with Gasteiger partial charge < -0.3 is 5.11 Å². The number of unbranched alkanes of at least 4 members (excludes halogenated alkanes) is 18. The highest BCUT2D eigenvalue weighted by Crippen LogP contribution is 2.11. The quantitative estimate of drug-likeness (QED) is 0.125. The molecule has 0 atom stereocenters. The number of hydrogen-bond acceptors (Lipinski definition) is 1. The lowest BCUT2D eigenvalue weighted by atomic mass is 10.1. The Kier molecular flexibility index (Phi) is 25.1. The van der Waals surface area contributed by atoms with Crippen molar-refractivity contribution in [2.24, 2.45) is 0 Å². The van der Waals surface area contributed by atoms with Gasteiger partial charge >= 0.3 is 5.97 Å². The first-order chi connectivity index (χ1) is 14.8. The van der Waals surface area contributed by atoms with Crippen molar-refractivity contribution in [3.8, 4) is 0 Å². The maximum atomic E-state index is 10.4. The Bertz CT molecular complexity index is 397. The van der Waals surface area contributed by atoms with Gasteiger partial charge in [-0.1, -0.05) is 108 Å². The van der Waals surface area contributed by atoms with Crippen LogP contribution in [0.15, 0.2) is 24.3 Å². The zero-order valence-corrected chi connectivity index (χ0v) is 20.2. The van der Waals surface area contributed by atoms with Gasteiger partial charge in [0.2, 0.25) is 0 Å². The Hall–Kier alpha value is -1.05. The zero-order valence-electron chi connectivity index (χ0n) is 20.2. The molecule has 0 rings (SSSR count). The molecule has 0 aliphatic carbocycles. The van der Waals surface area contributed by atoms with Crippen LogP contribution in [-0.4, -0.2) is 11.1 Å². The van der Waals surface area contributed by atoms with Gasteiger partial charge in [0.25, 0.3) is 0 Å². The Morgan fingerprint density at radius 3 is 1.13 bits per heavy atom. The number of allylic oxidation sites excluding steroid dienone is 4. The van der Waals surface area contributed by atoms with E-state index in [2.05, 4.69) is 31.2 Å². The molecule has 0 aliphatic rings. The van der Waals surface area contributed by atoms with E-state index in [0.717, 1.165) is 12.8 Å². The van der Waals surface area contributed by atoms with E-state index >= 15 is 0 Å². The highest BCUT2D eigenvalue weighted by atomic mass is 16.4. The minimum Gasteiger partial charge on any atom is -0.481 e. The highest BCUT2D eigenvalue weighted by Gasteiger charge is 1.96. The Morgan fingerprint density at radius 2 is 0.800 bits per heavy atom. The second-order valence-electron chi connectivity index (χ2n) is 8.90. The van der Waals surface area contributed by atoms with Crippen LogP contribution in [0.3, 0.4) is 0 Å². The third-order valence-corrected chi connectivity index (χ3v) is 5.81. The molecule has 176 valence electrons. The summed E-state index contributed by atoms with van der Waals surface area (Å²) in [5.41, 5.74) is 0. The van der Waals surface area contributed by atoms with Crippen LogP contribution in [0.2, 0.25) is 0 Å². The predicted molar refractivity (Wildman–Crippen MR) is 133 cm³/mol. The number of carboxylic acid groups (broad SMARTS) is 1. The Balaban J connectivity index is 3.14. The van der Waals surface area contributed by atoms with Gasteiger partial charge in [0.05, 0.1) is 0 Å². The standard InChI is InChI=1S/C28H52O2/c1-2-3-4-5-6-7-8-9-10-11-12-13-14-15-16-17-18-19-20-21-22-23-24-25-26-27-28(29)30/h9-10,18-19H,2-8,11-17,20-27H2,1H3,(H,29,30)/b10-9+,19-18+. The van der Waals surface area contributed by atoms with Crippen molar-refractivity contribution in [1.29, 1.82) is 0 Å². The third-order valence-electron chi connectivity index (χ3n) is 5.81.